The van der Waals surface area contributed by atoms with Crippen molar-refractivity contribution in [2.45, 2.75) is 13.0 Å². The van der Waals surface area contributed by atoms with Crippen LogP contribution < -0.4 is 20.1 Å². The molecular weight excluding hydrogens is 220 g/mol. The average molecular weight is 238 g/mol. The van der Waals surface area contributed by atoms with Gasteiger partial charge in [0.25, 0.3) is 0 Å². The number of methoxy groups -OCH3 is 2. The zero-order valence-corrected chi connectivity index (χ0v) is 10.5. The average Bonchev–Trinajstić information content (AvgIpc) is 2.37. The summed E-state index contributed by atoms with van der Waals surface area (Å²) < 4.78 is 10.3. The molecule has 0 aliphatic carbocycles. The van der Waals surface area contributed by atoms with Gasteiger partial charge in [-0.1, -0.05) is 0 Å². The van der Waals surface area contributed by atoms with E-state index in [4.69, 9.17) is 9.47 Å². The summed E-state index contributed by atoms with van der Waals surface area (Å²) in [4.78, 5) is 11.7. The Bertz CT molecular complexity index is 393. The SMILES string of the molecule is CNC(C)C(=O)Nc1ccc(OC)cc1OC. The van der Waals surface area contributed by atoms with Gasteiger partial charge in [0.2, 0.25) is 5.91 Å². The molecule has 94 valence electrons. The maximum atomic E-state index is 11.7. The fourth-order valence-electron chi connectivity index (χ4n) is 1.27. The zero-order chi connectivity index (χ0) is 12.8. The number of ether oxygens (including phenoxy) is 2. The lowest BCUT2D eigenvalue weighted by atomic mass is 10.2. The maximum absolute atomic E-state index is 11.7. The molecule has 0 aliphatic heterocycles. The Morgan fingerprint density at radius 3 is 2.53 bits per heavy atom. The van der Waals surface area contributed by atoms with E-state index < -0.39 is 0 Å². The van der Waals surface area contributed by atoms with Crippen LogP contribution in [0.2, 0.25) is 0 Å². The van der Waals surface area contributed by atoms with Crippen molar-refractivity contribution in [1.82, 2.24) is 5.32 Å². The Morgan fingerprint density at radius 2 is 2.00 bits per heavy atom. The summed E-state index contributed by atoms with van der Waals surface area (Å²) in [5.74, 6) is 1.14. The third-order valence-corrected chi connectivity index (χ3v) is 2.49. The Morgan fingerprint density at radius 1 is 1.29 bits per heavy atom. The number of carbonyl (C=O) groups excluding carboxylic acids is 1. The molecule has 1 rings (SSSR count). The minimum Gasteiger partial charge on any atom is -0.497 e. The number of carbonyl (C=O) groups is 1. The number of hydrogen-bond acceptors (Lipinski definition) is 4. The van der Waals surface area contributed by atoms with Gasteiger partial charge in [-0.25, -0.2) is 0 Å². The second-order valence-electron chi connectivity index (χ2n) is 3.57. The number of likely N-dealkylation sites (N-methyl/N-ethyl adjacent to an activating group) is 1. The van der Waals surface area contributed by atoms with Crippen LogP contribution in [0.25, 0.3) is 0 Å². The smallest absolute Gasteiger partial charge is 0.241 e. The fourth-order valence-corrected chi connectivity index (χ4v) is 1.27. The normalized spacial score (nSPS) is 11.8. The number of nitrogens with one attached hydrogen (secondary N) is 2. The van der Waals surface area contributed by atoms with Crippen molar-refractivity contribution in [2.75, 3.05) is 26.6 Å². The predicted molar refractivity (Wildman–Crippen MR) is 66.7 cm³/mol. The molecule has 0 saturated carbocycles. The minimum atomic E-state index is -0.262. The van der Waals surface area contributed by atoms with Crippen LogP contribution in [-0.4, -0.2) is 33.2 Å². The van der Waals surface area contributed by atoms with Gasteiger partial charge in [0, 0.05) is 6.07 Å². The second-order valence-corrected chi connectivity index (χ2v) is 3.57. The molecular formula is C12H18N2O3. The molecule has 1 unspecified atom stereocenters. The van der Waals surface area contributed by atoms with E-state index in [1.54, 1.807) is 46.4 Å². The lowest BCUT2D eigenvalue weighted by Crippen LogP contribution is -2.35. The summed E-state index contributed by atoms with van der Waals surface area (Å²) in [5.41, 5.74) is 0.625. The van der Waals surface area contributed by atoms with Gasteiger partial charge in [-0.2, -0.15) is 0 Å². The standard InChI is InChI=1S/C12H18N2O3/c1-8(13-2)12(15)14-10-6-5-9(16-3)7-11(10)17-4/h5-8,13H,1-4H3,(H,14,15). The summed E-state index contributed by atoms with van der Waals surface area (Å²) in [6, 6.07) is 4.97. The van der Waals surface area contributed by atoms with E-state index in [0.29, 0.717) is 17.2 Å². The number of rotatable bonds is 5. The van der Waals surface area contributed by atoms with Crippen molar-refractivity contribution >= 4 is 11.6 Å². The van der Waals surface area contributed by atoms with Crippen molar-refractivity contribution < 1.29 is 14.3 Å². The number of anilines is 1. The zero-order valence-electron chi connectivity index (χ0n) is 10.5. The van der Waals surface area contributed by atoms with E-state index in [0.717, 1.165) is 0 Å². The van der Waals surface area contributed by atoms with Gasteiger partial charge in [-0.05, 0) is 26.1 Å². The molecule has 0 saturated heterocycles. The van der Waals surface area contributed by atoms with Crippen LogP contribution in [0.1, 0.15) is 6.92 Å². The van der Waals surface area contributed by atoms with E-state index in [2.05, 4.69) is 10.6 Å². The van der Waals surface area contributed by atoms with E-state index in [1.165, 1.54) is 0 Å². The molecule has 0 fully saturated rings. The number of benzene rings is 1. The third-order valence-electron chi connectivity index (χ3n) is 2.49. The molecule has 2 N–H and O–H groups in total. The van der Waals surface area contributed by atoms with Crippen LogP contribution in [0.3, 0.4) is 0 Å². The van der Waals surface area contributed by atoms with Crippen LogP contribution in [0, 0.1) is 0 Å². The van der Waals surface area contributed by atoms with E-state index in [9.17, 15) is 4.79 Å². The molecule has 0 aromatic heterocycles. The topological polar surface area (TPSA) is 59.6 Å². The lowest BCUT2D eigenvalue weighted by molar-refractivity contribution is -0.117. The number of amides is 1. The summed E-state index contributed by atoms with van der Waals surface area (Å²) in [6.45, 7) is 1.78. The summed E-state index contributed by atoms with van der Waals surface area (Å²) in [5, 5.41) is 5.65. The van der Waals surface area contributed by atoms with E-state index >= 15 is 0 Å². The second kappa shape index (κ2) is 6.10. The van der Waals surface area contributed by atoms with Gasteiger partial charge in [0.15, 0.2) is 0 Å². The van der Waals surface area contributed by atoms with Gasteiger partial charge in [-0.15, -0.1) is 0 Å². The first-order chi connectivity index (χ1) is 8.12. The molecule has 5 nitrogen and oxygen atoms in total. The Hall–Kier alpha value is -1.75. The van der Waals surface area contributed by atoms with Crippen molar-refractivity contribution in [3.63, 3.8) is 0 Å². The Labute approximate surface area is 101 Å². The Balaban J connectivity index is 2.87. The molecule has 1 aromatic rings. The molecule has 0 bridgehead atoms. The Kier molecular flexibility index (Phi) is 4.78. The highest BCUT2D eigenvalue weighted by Gasteiger charge is 2.13. The lowest BCUT2D eigenvalue weighted by Gasteiger charge is -2.14. The summed E-state index contributed by atoms with van der Waals surface area (Å²) in [7, 11) is 4.86. The van der Waals surface area contributed by atoms with Crippen molar-refractivity contribution in [2.24, 2.45) is 0 Å². The molecule has 0 radical (unpaired) electrons. The third kappa shape index (κ3) is 3.35. The van der Waals surface area contributed by atoms with Crippen LogP contribution >= 0.6 is 0 Å². The highest BCUT2D eigenvalue weighted by atomic mass is 16.5. The first kappa shape index (κ1) is 13.3. The first-order valence-electron chi connectivity index (χ1n) is 5.32. The van der Waals surface area contributed by atoms with Crippen LogP contribution in [0.4, 0.5) is 5.69 Å². The molecule has 17 heavy (non-hydrogen) atoms. The maximum Gasteiger partial charge on any atom is 0.241 e. The van der Waals surface area contributed by atoms with E-state index in [-0.39, 0.29) is 11.9 Å². The minimum absolute atomic E-state index is 0.115. The highest BCUT2D eigenvalue weighted by Crippen LogP contribution is 2.28. The molecule has 5 heteroatoms. The monoisotopic (exact) mass is 238 g/mol. The quantitative estimate of drug-likeness (QED) is 0.810. The van der Waals surface area contributed by atoms with Crippen molar-refractivity contribution in [3.05, 3.63) is 18.2 Å². The van der Waals surface area contributed by atoms with Crippen molar-refractivity contribution in [3.8, 4) is 11.5 Å². The first-order valence-corrected chi connectivity index (χ1v) is 5.32. The molecule has 1 atom stereocenters. The van der Waals surface area contributed by atoms with Crippen molar-refractivity contribution in [1.29, 1.82) is 0 Å². The predicted octanol–water partition coefficient (Wildman–Crippen LogP) is 1.25. The molecule has 1 aromatic carbocycles. The van der Waals surface area contributed by atoms with Gasteiger partial charge < -0.3 is 20.1 Å². The number of hydrogen-bond donors (Lipinski definition) is 2. The van der Waals surface area contributed by atoms with Gasteiger partial charge >= 0.3 is 0 Å². The van der Waals surface area contributed by atoms with Gasteiger partial charge in [0.05, 0.1) is 25.9 Å². The largest absolute Gasteiger partial charge is 0.497 e. The molecule has 0 heterocycles. The molecule has 0 aliphatic rings. The van der Waals surface area contributed by atoms with Crippen LogP contribution in [-0.2, 0) is 4.79 Å². The van der Waals surface area contributed by atoms with E-state index in [1.807, 2.05) is 0 Å². The fraction of sp³-hybridized carbons (Fsp3) is 0.417. The highest BCUT2D eigenvalue weighted by molar-refractivity contribution is 5.95. The van der Waals surface area contributed by atoms with Crippen LogP contribution in [0.15, 0.2) is 18.2 Å². The van der Waals surface area contributed by atoms with Crippen LogP contribution in [0.5, 0.6) is 11.5 Å². The summed E-state index contributed by atoms with van der Waals surface area (Å²) >= 11 is 0. The van der Waals surface area contributed by atoms with Gasteiger partial charge in [-0.3, -0.25) is 4.79 Å². The molecule has 1 amide bonds. The summed E-state index contributed by atoms with van der Waals surface area (Å²) in [6.07, 6.45) is 0. The van der Waals surface area contributed by atoms with Gasteiger partial charge in [0.1, 0.15) is 11.5 Å². The molecule has 0 spiro atoms.